The Kier molecular flexibility index (Phi) is 3.87. The van der Waals surface area contributed by atoms with Gasteiger partial charge in [-0.05, 0) is 19.9 Å². The first-order chi connectivity index (χ1) is 8.56. The van der Waals surface area contributed by atoms with Gasteiger partial charge in [-0.25, -0.2) is 4.98 Å². The monoisotopic (exact) mass is 247 g/mol. The SMILES string of the molecule is Cc1cc(-c2cnc(CCNC(C)C)[nH]2)c(C)o1. The molecule has 0 atom stereocenters. The maximum absolute atomic E-state index is 5.53. The lowest BCUT2D eigenvalue weighted by Gasteiger charge is -2.05. The summed E-state index contributed by atoms with van der Waals surface area (Å²) < 4.78 is 5.53. The summed E-state index contributed by atoms with van der Waals surface area (Å²) >= 11 is 0. The first-order valence-electron chi connectivity index (χ1n) is 6.41. The van der Waals surface area contributed by atoms with Crippen LogP contribution >= 0.6 is 0 Å². The molecule has 18 heavy (non-hydrogen) atoms. The number of nitrogens with one attached hydrogen (secondary N) is 2. The molecule has 0 aromatic carbocycles. The summed E-state index contributed by atoms with van der Waals surface area (Å²) in [6, 6.07) is 2.55. The Labute approximate surface area is 108 Å². The molecule has 2 aromatic rings. The largest absolute Gasteiger partial charge is 0.466 e. The molecule has 0 radical (unpaired) electrons. The van der Waals surface area contributed by atoms with Crippen LogP contribution in [0.1, 0.15) is 31.2 Å². The van der Waals surface area contributed by atoms with Crippen LogP contribution in [0.2, 0.25) is 0 Å². The van der Waals surface area contributed by atoms with Crippen molar-refractivity contribution in [2.75, 3.05) is 6.54 Å². The highest BCUT2D eigenvalue weighted by Crippen LogP contribution is 2.24. The van der Waals surface area contributed by atoms with E-state index in [2.05, 4.69) is 29.1 Å². The molecule has 2 aromatic heterocycles. The minimum absolute atomic E-state index is 0.512. The van der Waals surface area contributed by atoms with Crippen molar-refractivity contribution in [2.24, 2.45) is 0 Å². The third-order valence-electron chi connectivity index (χ3n) is 2.87. The molecular weight excluding hydrogens is 226 g/mol. The quantitative estimate of drug-likeness (QED) is 0.854. The zero-order valence-electron chi connectivity index (χ0n) is 11.5. The van der Waals surface area contributed by atoms with Gasteiger partial charge in [0, 0.05) is 24.6 Å². The zero-order chi connectivity index (χ0) is 13.1. The molecule has 4 heteroatoms. The van der Waals surface area contributed by atoms with Crippen LogP contribution < -0.4 is 5.32 Å². The molecule has 0 aliphatic carbocycles. The lowest BCUT2D eigenvalue weighted by atomic mass is 10.2. The van der Waals surface area contributed by atoms with Crippen molar-refractivity contribution < 1.29 is 4.42 Å². The van der Waals surface area contributed by atoms with Gasteiger partial charge in [0.15, 0.2) is 0 Å². The molecular formula is C14H21N3O. The van der Waals surface area contributed by atoms with Crippen LogP contribution in [0.5, 0.6) is 0 Å². The fourth-order valence-corrected chi connectivity index (χ4v) is 2.00. The summed E-state index contributed by atoms with van der Waals surface area (Å²) in [7, 11) is 0. The molecule has 2 heterocycles. The Morgan fingerprint density at radius 2 is 2.17 bits per heavy atom. The van der Waals surface area contributed by atoms with E-state index in [9.17, 15) is 0 Å². The normalized spacial score (nSPS) is 11.4. The van der Waals surface area contributed by atoms with Gasteiger partial charge in [0.25, 0.3) is 0 Å². The van der Waals surface area contributed by atoms with Crippen molar-refractivity contribution in [3.05, 3.63) is 29.6 Å². The van der Waals surface area contributed by atoms with Gasteiger partial charge in [-0.15, -0.1) is 0 Å². The third-order valence-corrected chi connectivity index (χ3v) is 2.87. The van der Waals surface area contributed by atoms with Crippen LogP contribution in [0.15, 0.2) is 16.7 Å². The summed E-state index contributed by atoms with van der Waals surface area (Å²) in [6.45, 7) is 9.16. The van der Waals surface area contributed by atoms with E-state index < -0.39 is 0 Å². The summed E-state index contributed by atoms with van der Waals surface area (Å²) in [4.78, 5) is 7.75. The summed E-state index contributed by atoms with van der Waals surface area (Å²) in [6.07, 6.45) is 2.79. The Morgan fingerprint density at radius 1 is 1.39 bits per heavy atom. The summed E-state index contributed by atoms with van der Waals surface area (Å²) in [5.41, 5.74) is 2.13. The van der Waals surface area contributed by atoms with Gasteiger partial charge < -0.3 is 14.7 Å². The van der Waals surface area contributed by atoms with Crippen LogP contribution in [0.25, 0.3) is 11.3 Å². The van der Waals surface area contributed by atoms with Gasteiger partial charge in [0.1, 0.15) is 17.3 Å². The number of hydrogen-bond acceptors (Lipinski definition) is 3. The molecule has 0 bridgehead atoms. The molecule has 0 amide bonds. The fourth-order valence-electron chi connectivity index (χ4n) is 2.00. The third kappa shape index (κ3) is 3.01. The van der Waals surface area contributed by atoms with Gasteiger partial charge in [0.05, 0.1) is 11.9 Å². The number of furan rings is 1. The molecule has 0 fully saturated rings. The van der Waals surface area contributed by atoms with Gasteiger partial charge in [-0.3, -0.25) is 0 Å². The highest BCUT2D eigenvalue weighted by molar-refractivity contribution is 5.61. The van der Waals surface area contributed by atoms with E-state index in [-0.39, 0.29) is 0 Å². The second kappa shape index (κ2) is 5.40. The number of aryl methyl sites for hydroxylation is 2. The standard InChI is InChI=1S/C14H21N3O/c1-9(2)15-6-5-14-16-8-13(17-14)12-7-10(3)18-11(12)4/h7-9,15H,5-6H2,1-4H3,(H,16,17). The molecule has 0 aliphatic rings. The molecule has 0 spiro atoms. The smallest absolute Gasteiger partial charge is 0.110 e. The summed E-state index contributed by atoms with van der Waals surface area (Å²) in [5, 5.41) is 3.38. The molecule has 0 unspecified atom stereocenters. The van der Waals surface area contributed by atoms with Gasteiger partial charge in [-0.1, -0.05) is 13.8 Å². The molecule has 0 saturated heterocycles. The van der Waals surface area contributed by atoms with Gasteiger partial charge in [0.2, 0.25) is 0 Å². The van der Waals surface area contributed by atoms with E-state index in [1.54, 1.807) is 0 Å². The molecule has 2 rings (SSSR count). The number of hydrogen-bond donors (Lipinski definition) is 2. The summed E-state index contributed by atoms with van der Waals surface area (Å²) in [5.74, 6) is 2.87. The van der Waals surface area contributed by atoms with E-state index in [0.717, 1.165) is 41.6 Å². The van der Waals surface area contributed by atoms with E-state index >= 15 is 0 Å². The number of H-pyrrole nitrogens is 1. The first kappa shape index (κ1) is 12.9. The van der Waals surface area contributed by atoms with Crippen LogP contribution in [-0.2, 0) is 6.42 Å². The maximum atomic E-state index is 5.53. The second-order valence-electron chi connectivity index (χ2n) is 4.93. The van der Waals surface area contributed by atoms with Crippen molar-refractivity contribution in [1.29, 1.82) is 0 Å². The number of aromatic amines is 1. The predicted molar refractivity (Wildman–Crippen MR) is 72.6 cm³/mol. The fraction of sp³-hybridized carbons (Fsp3) is 0.500. The minimum atomic E-state index is 0.512. The predicted octanol–water partition coefficient (Wildman–Crippen LogP) is 2.83. The Bertz CT molecular complexity index is 511. The Morgan fingerprint density at radius 3 is 2.78 bits per heavy atom. The number of rotatable bonds is 5. The van der Waals surface area contributed by atoms with E-state index in [1.807, 2.05) is 26.1 Å². The minimum Gasteiger partial charge on any atom is -0.466 e. The highest BCUT2D eigenvalue weighted by Gasteiger charge is 2.10. The molecule has 0 aliphatic heterocycles. The molecule has 0 saturated carbocycles. The van der Waals surface area contributed by atoms with Gasteiger partial charge in [-0.2, -0.15) is 0 Å². The van der Waals surface area contributed by atoms with Crippen molar-refractivity contribution in [2.45, 2.75) is 40.2 Å². The first-order valence-corrected chi connectivity index (χ1v) is 6.41. The molecule has 98 valence electrons. The number of nitrogens with zero attached hydrogens (tertiary/aromatic N) is 1. The van der Waals surface area contributed by atoms with E-state index in [0.29, 0.717) is 6.04 Å². The highest BCUT2D eigenvalue weighted by atomic mass is 16.3. The van der Waals surface area contributed by atoms with Crippen LogP contribution in [0.3, 0.4) is 0 Å². The van der Waals surface area contributed by atoms with Crippen molar-refractivity contribution >= 4 is 0 Å². The van der Waals surface area contributed by atoms with Crippen molar-refractivity contribution in [3.8, 4) is 11.3 Å². The Balaban J connectivity index is 2.04. The van der Waals surface area contributed by atoms with E-state index in [4.69, 9.17) is 4.42 Å². The van der Waals surface area contributed by atoms with Crippen LogP contribution in [0, 0.1) is 13.8 Å². The van der Waals surface area contributed by atoms with E-state index in [1.165, 1.54) is 0 Å². The molecule has 2 N–H and O–H groups in total. The number of imidazole rings is 1. The van der Waals surface area contributed by atoms with Gasteiger partial charge >= 0.3 is 0 Å². The topological polar surface area (TPSA) is 53.9 Å². The van der Waals surface area contributed by atoms with Crippen molar-refractivity contribution in [3.63, 3.8) is 0 Å². The number of aromatic nitrogens is 2. The Hall–Kier alpha value is -1.55. The lowest BCUT2D eigenvalue weighted by molar-refractivity contribution is 0.505. The average Bonchev–Trinajstić information content (AvgIpc) is 2.85. The van der Waals surface area contributed by atoms with Crippen molar-refractivity contribution in [1.82, 2.24) is 15.3 Å². The van der Waals surface area contributed by atoms with Crippen LogP contribution in [-0.4, -0.2) is 22.6 Å². The van der Waals surface area contributed by atoms with Crippen LogP contribution in [0.4, 0.5) is 0 Å². The second-order valence-corrected chi connectivity index (χ2v) is 4.93. The maximum Gasteiger partial charge on any atom is 0.110 e. The lowest BCUT2D eigenvalue weighted by Crippen LogP contribution is -2.25. The molecule has 4 nitrogen and oxygen atoms in total. The average molecular weight is 247 g/mol. The zero-order valence-corrected chi connectivity index (χ0v) is 11.5.